The summed E-state index contributed by atoms with van der Waals surface area (Å²) in [5.41, 5.74) is 3.25. The minimum Gasteiger partial charge on any atom is -0.455 e. The largest absolute Gasteiger partial charge is 0.455 e. The Morgan fingerprint density at radius 1 is 1.19 bits per heavy atom. The maximum Gasteiger partial charge on any atom is 0.254 e. The summed E-state index contributed by atoms with van der Waals surface area (Å²) >= 11 is 12.1. The Morgan fingerprint density at radius 2 is 2.00 bits per heavy atom. The smallest absolute Gasteiger partial charge is 0.254 e. The Labute approximate surface area is 162 Å². The molecule has 3 rings (SSSR count). The first-order chi connectivity index (χ1) is 12.6. The van der Waals surface area contributed by atoms with Gasteiger partial charge < -0.3 is 9.73 Å². The highest BCUT2D eigenvalue weighted by Crippen LogP contribution is 2.31. The van der Waals surface area contributed by atoms with Gasteiger partial charge in [-0.2, -0.15) is 5.10 Å². The number of halogens is 2. The zero-order valence-corrected chi connectivity index (χ0v) is 15.8. The number of hydrazone groups is 1. The molecular weight excluding hydrogens is 373 g/mol. The molecule has 0 unspecified atom stereocenters. The predicted molar refractivity (Wildman–Crippen MR) is 105 cm³/mol. The van der Waals surface area contributed by atoms with E-state index in [-0.39, 0.29) is 12.5 Å². The van der Waals surface area contributed by atoms with Crippen molar-refractivity contribution in [1.29, 1.82) is 0 Å². The van der Waals surface area contributed by atoms with Gasteiger partial charge in [-0.3, -0.25) is 4.79 Å². The van der Waals surface area contributed by atoms with Crippen molar-refractivity contribution in [1.82, 2.24) is 10.7 Å². The second-order valence-corrected chi connectivity index (χ2v) is 7.18. The highest BCUT2D eigenvalue weighted by atomic mass is 35.5. The van der Waals surface area contributed by atoms with Gasteiger partial charge >= 0.3 is 0 Å². The number of rotatable bonds is 6. The molecule has 5 nitrogen and oxygen atoms in total. The molecule has 138 valence electrons. The van der Waals surface area contributed by atoms with E-state index in [4.69, 9.17) is 27.6 Å². The highest BCUT2D eigenvalue weighted by Gasteiger charge is 2.13. The maximum atomic E-state index is 11.8. The summed E-state index contributed by atoms with van der Waals surface area (Å²) in [7, 11) is 0. The first kappa shape index (κ1) is 19.0. The van der Waals surface area contributed by atoms with Crippen molar-refractivity contribution >= 4 is 35.3 Å². The quantitative estimate of drug-likeness (QED) is 0.555. The first-order valence-corrected chi connectivity index (χ1v) is 9.48. The summed E-state index contributed by atoms with van der Waals surface area (Å²) in [6.07, 6.45) is 7.50. The molecule has 1 amide bonds. The lowest BCUT2D eigenvalue weighted by molar-refractivity contribution is -0.120. The third kappa shape index (κ3) is 5.34. The molecule has 0 bridgehead atoms. The summed E-state index contributed by atoms with van der Waals surface area (Å²) in [6, 6.07) is 9.20. The van der Waals surface area contributed by atoms with Gasteiger partial charge in [-0.15, -0.1) is 0 Å². The van der Waals surface area contributed by atoms with E-state index in [1.807, 2.05) is 0 Å². The van der Waals surface area contributed by atoms with Gasteiger partial charge in [-0.1, -0.05) is 42.5 Å². The molecule has 1 fully saturated rings. The number of benzene rings is 1. The Balaban J connectivity index is 1.49. The van der Waals surface area contributed by atoms with E-state index >= 15 is 0 Å². The summed E-state index contributed by atoms with van der Waals surface area (Å²) in [5.74, 6) is 0.962. The average molecular weight is 394 g/mol. The molecule has 1 aliphatic rings. The van der Waals surface area contributed by atoms with E-state index in [0.29, 0.717) is 27.6 Å². The lowest BCUT2D eigenvalue weighted by atomic mass is 9.95. The molecule has 0 aliphatic heterocycles. The van der Waals surface area contributed by atoms with Crippen LogP contribution in [-0.2, 0) is 4.79 Å². The average Bonchev–Trinajstić information content (AvgIpc) is 3.09. The van der Waals surface area contributed by atoms with Crippen LogP contribution in [0.3, 0.4) is 0 Å². The molecule has 0 saturated heterocycles. The van der Waals surface area contributed by atoms with Gasteiger partial charge in [0.2, 0.25) is 0 Å². The number of nitrogens with one attached hydrogen (secondary N) is 2. The van der Waals surface area contributed by atoms with Crippen LogP contribution in [0.5, 0.6) is 0 Å². The van der Waals surface area contributed by atoms with Crippen LogP contribution < -0.4 is 10.7 Å². The molecule has 1 aromatic heterocycles. The third-order valence-corrected chi connectivity index (χ3v) is 4.91. The summed E-state index contributed by atoms with van der Waals surface area (Å²) in [5, 5.41) is 8.29. The van der Waals surface area contributed by atoms with E-state index < -0.39 is 0 Å². The number of hydrogen-bond donors (Lipinski definition) is 2. The van der Waals surface area contributed by atoms with Crippen molar-refractivity contribution in [3.63, 3.8) is 0 Å². The normalized spacial score (nSPS) is 15.5. The molecule has 0 atom stereocenters. The molecule has 1 saturated carbocycles. The Kier molecular flexibility index (Phi) is 6.72. The van der Waals surface area contributed by atoms with Gasteiger partial charge in [0.05, 0.1) is 17.8 Å². The van der Waals surface area contributed by atoms with Crippen LogP contribution in [0, 0.1) is 0 Å². The number of hydrogen-bond acceptors (Lipinski definition) is 4. The zero-order valence-electron chi connectivity index (χ0n) is 14.3. The van der Waals surface area contributed by atoms with Crippen molar-refractivity contribution in [2.45, 2.75) is 38.1 Å². The molecule has 7 heteroatoms. The van der Waals surface area contributed by atoms with E-state index in [9.17, 15) is 4.79 Å². The van der Waals surface area contributed by atoms with Crippen molar-refractivity contribution in [2.75, 3.05) is 6.54 Å². The second-order valence-electron chi connectivity index (χ2n) is 6.34. The Morgan fingerprint density at radius 3 is 2.77 bits per heavy atom. The van der Waals surface area contributed by atoms with Gasteiger partial charge in [0, 0.05) is 16.6 Å². The molecular formula is C19H21Cl2N3O2. The molecule has 0 spiro atoms. The topological polar surface area (TPSA) is 66.6 Å². The molecule has 0 radical (unpaired) electrons. The SMILES string of the molecule is O=C(CNC1CCCCC1)N/N=C\c1ccc(-c2ccc(Cl)cc2Cl)o1. The molecule has 1 heterocycles. The Hall–Kier alpha value is -1.82. The van der Waals surface area contributed by atoms with Crippen molar-refractivity contribution in [3.8, 4) is 11.3 Å². The second kappa shape index (κ2) is 9.21. The van der Waals surface area contributed by atoms with E-state index in [1.54, 1.807) is 30.3 Å². The van der Waals surface area contributed by atoms with Gasteiger partial charge in [-0.05, 0) is 43.2 Å². The van der Waals surface area contributed by atoms with Crippen molar-refractivity contribution < 1.29 is 9.21 Å². The summed E-state index contributed by atoms with van der Waals surface area (Å²) in [6.45, 7) is 0.270. The number of furan rings is 1. The van der Waals surface area contributed by atoms with Crippen LogP contribution >= 0.6 is 23.2 Å². The standard InChI is InChI=1S/C19H21Cl2N3O2/c20-13-6-8-16(17(21)10-13)18-9-7-15(26-18)11-23-24-19(25)12-22-14-4-2-1-3-5-14/h6-11,14,22H,1-5,12H2,(H,24,25)/b23-11-. The summed E-state index contributed by atoms with van der Waals surface area (Å²) < 4.78 is 5.68. The van der Waals surface area contributed by atoms with Crippen LogP contribution in [0.15, 0.2) is 39.9 Å². The van der Waals surface area contributed by atoms with Crippen LogP contribution in [0.1, 0.15) is 37.9 Å². The lowest BCUT2D eigenvalue weighted by Gasteiger charge is -2.22. The highest BCUT2D eigenvalue weighted by molar-refractivity contribution is 6.36. The summed E-state index contributed by atoms with van der Waals surface area (Å²) in [4.78, 5) is 11.8. The molecule has 26 heavy (non-hydrogen) atoms. The van der Waals surface area contributed by atoms with Crippen LogP contribution in [0.25, 0.3) is 11.3 Å². The van der Waals surface area contributed by atoms with E-state index in [1.165, 1.54) is 25.5 Å². The number of amides is 1. The molecule has 1 aliphatic carbocycles. The van der Waals surface area contributed by atoms with E-state index in [2.05, 4.69) is 15.8 Å². The first-order valence-electron chi connectivity index (χ1n) is 8.72. The van der Waals surface area contributed by atoms with Gasteiger partial charge in [0.1, 0.15) is 11.5 Å². The fourth-order valence-electron chi connectivity index (χ4n) is 3.01. The lowest BCUT2D eigenvalue weighted by Crippen LogP contribution is -2.38. The van der Waals surface area contributed by atoms with Crippen LogP contribution in [0.4, 0.5) is 0 Å². The van der Waals surface area contributed by atoms with Crippen LogP contribution in [-0.4, -0.2) is 24.7 Å². The Bertz CT molecular complexity index is 783. The minimum atomic E-state index is -0.167. The van der Waals surface area contributed by atoms with Gasteiger partial charge in [-0.25, -0.2) is 5.43 Å². The predicted octanol–water partition coefficient (Wildman–Crippen LogP) is 4.63. The third-order valence-electron chi connectivity index (χ3n) is 4.36. The number of carbonyl (C=O) groups is 1. The zero-order chi connectivity index (χ0) is 18.4. The number of carbonyl (C=O) groups excluding carboxylic acids is 1. The minimum absolute atomic E-state index is 0.167. The fourth-order valence-corrected chi connectivity index (χ4v) is 3.51. The fraction of sp³-hybridized carbons (Fsp3) is 0.368. The molecule has 1 aromatic carbocycles. The monoisotopic (exact) mass is 393 g/mol. The van der Waals surface area contributed by atoms with Crippen LogP contribution in [0.2, 0.25) is 10.0 Å². The van der Waals surface area contributed by atoms with Gasteiger partial charge in [0.25, 0.3) is 5.91 Å². The maximum absolute atomic E-state index is 11.8. The molecule has 2 N–H and O–H groups in total. The number of nitrogens with zero attached hydrogens (tertiary/aromatic N) is 1. The van der Waals surface area contributed by atoms with Gasteiger partial charge in [0.15, 0.2) is 0 Å². The molecule has 2 aromatic rings. The van der Waals surface area contributed by atoms with Crippen molar-refractivity contribution in [2.24, 2.45) is 5.10 Å². The van der Waals surface area contributed by atoms with E-state index in [0.717, 1.165) is 18.4 Å². The van der Waals surface area contributed by atoms with Crippen molar-refractivity contribution in [3.05, 3.63) is 46.1 Å².